The molecule has 1 aromatic carbocycles. The van der Waals surface area contributed by atoms with Crippen LogP contribution in [0.3, 0.4) is 0 Å². The highest BCUT2D eigenvalue weighted by Gasteiger charge is 2.30. The first-order chi connectivity index (χ1) is 9.66. The van der Waals surface area contributed by atoms with E-state index in [-0.39, 0.29) is 17.9 Å². The van der Waals surface area contributed by atoms with Crippen molar-refractivity contribution in [2.24, 2.45) is 5.73 Å². The Kier molecular flexibility index (Phi) is 3.40. The van der Waals surface area contributed by atoms with Crippen LogP contribution in [0.25, 0.3) is 0 Å². The standard InChI is InChI=1S/C16H18FN3/c1-11(18)16(14-4-2-3-8-19-14)20-9-7-12-5-6-13(17)10-15(12)20/h2-6,8,10-11,16H,7,9,18H2,1H3. The van der Waals surface area contributed by atoms with Gasteiger partial charge in [0, 0.05) is 24.5 Å². The van der Waals surface area contributed by atoms with Crippen LogP contribution in [-0.4, -0.2) is 17.6 Å². The van der Waals surface area contributed by atoms with Gasteiger partial charge in [-0.3, -0.25) is 4.98 Å². The SMILES string of the molecule is CC(N)C(c1ccccn1)N1CCc2ccc(F)cc21. The van der Waals surface area contributed by atoms with Gasteiger partial charge in [0.05, 0.1) is 11.7 Å². The minimum absolute atomic E-state index is 0.0285. The number of nitrogens with two attached hydrogens (primary N) is 1. The Bertz CT molecular complexity index is 598. The molecule has 0 amide bonds. The number of rotatable bonds is 3. The van der Waals surface area contributed by atoms with E-state index in [0.717, 1.165) is 24.3 Å². The van der Waals surface area contributed by atoms with E-state index in [9.17, 15) is 4.39 Å². The molecule has 104 valence electrons. The Balaban J connectivity index is 2.01. The molecule has 0 spiro atoms. The normalized spacial score (nSPS) is 16.9. The number of benzene rings is 1. The van der Waals surface area contributed by atoms with Gasteiger partial charge in [-0.2, -0.15) is 0 Å². The maximum atomic E-state index is 13.5. The second-order valence-electron chi connectivity index (χ2n) is 5.27. The fourth-order valence-electron chi connectivity index (χ4n) is 2.93. The third-order valence-corrected chi connectivity index (χ3v) is 3.80. The molecule has 2 aromatic rings. The van der Waals surface area contributed by atoms with Crippen molar-refractivity contribution in [3.63, 3.8) is 0 Å². The molecule has 2 heterocycles. The molecule has 3 rings (SSSR count). The Morgan fingerprint density at radius 2 is 2.15 bits per heavy atom. The van der Waals surface area contributed by atoms with Gasteiger partial charge in [0.2, 0.25) is 0 Å². The first kappa shape index (κ1) is 13.1. The van der Waals surface area contributed by atoms with E-state index in [1.165, 1.54) is 11.6 Å². The van der Waals surface area contributed by atoms with Crippen molar-refractivity contribution >= 4 is 5.69 Å². The third kappa shape index (κ3) is 2.27. The summed E-state index contributed by atoms with van der Waals surface area (Å²) in [7, 11) is 0. The summed E-state index contributed by atoms with van der Waals surface area (Å²) in [4.78, 5) is 6.60. The van der Waals surface area contributed by atoms with Gasteiger partial charge in [-0.05, 0) is 43.2 Å². The van der Waals surface area contributed by atoms with Gasteiger partial charge in [-0.1, -0.05) is 12.1 Å². The number of hydrogen-bond donors (Lipinski definition) is 1. The van der Waals surface area contributed by atoms with Crippen LogP contribution in [-0.2, 0) is 6.42 Å². The molecule has 2 N–H and O–H groups in total. The quantitative estimate of drug-likeness (QED) is 0.933. The summed E-state index contributed by atoms with van der Waals surface area (Å²) in [6.07, 6.45) is 2.69. The lowest BCUT2D eigenvalue weighted by atomic mass is 10.0. The number of hydrogen-bond acceptors (Lipinski definition) is 3. The van der Waals surface area contributed by atoms with Gasteiger partial charge < -0.3 is 10.6 Å². The molecule has 0 fully saturated rings. The Labute approximate surface area is 118 Å². The second-order valence-corrected chi connectivity index (χ2v) is 5.27. The monoisotopic (exact) mass is 271 g/mol. The van der Waals surface area contributed by atoms with Gasteiger partial charge in [-0.15, -0.1) is 0 Å². The molecule has 1 aliphatic heterocycles. The van der Waals surface area contributed by atoms with Crippen LogP contribution in [0.1, 0.15) is 24.2 Å². The number of nitrogens with zero attached hydrogens (tertiary/aromatic N) is 2. The zero-order chi connectivity index (χ0) is 14.1. The van der Waals surface area contributed by atoms with Crippen molar-refractivity contribution in [1.29, 1.82) is 0 Å². The predicted octanol–water partition coefficient (Wildman–Crippen LogP) is 2.67. The lowest BCUT2D eigenvalue weighted by molar-refractivity contribution is 0.529. The van der Waals surface area contributed by atoms with Crippen molar-refractivity contribution in [3.8, 4) is 0 Å². The largest absolute Gasteiger partial charge is 0.361 e. The minimum atomic E-state index is -0.208. The zero-order valence-electron chi connectivity index (χ0n) is 11.5. The Morgan fingerprint density at radius 3 is 2.85 bits per heavy atom. The van der Waals surface area contributed by atoms with Crippen LogP contribution in [0, 0.1) is 5.82 Å². The van der Waals surface area contributed by atoms with Crippen LogP contribution < -0.4 is 10.6 Å². The average molecular weight is 271 g/mol. The highest BCUT2D eigenvalue weighted by Crippen LogP contribution is 2.36. The first-order valence-corrected chi connectivity index (χ1v) is 6.88. The van der Waals surface area contributed by atoms with Gasteiger partial charge in [0.15, 0.2) is 0 Å². The van der Waals surface area contributed by atoms with Gasteiger partial charge >= 0.3 is 0 Å². The summed E-state index contributed by atoms with van der Waals surface area (Å²) < 4.78 is 13.5. The molecule has 4 heteroatoms. The number of halogens is 1. The average Bonchev–Trinajstić information content (AvgIpc) is 2.83. The molecule has 0 aliphatic carbocycles. The number of fused-ring (bicyclic) bond motifs is 1. The molecule has 2 unspecified atom stereocenters. The summed E-state index contributed by atoms with van der Waals surface area (Å²) in [5, 5.41) is 0. The molecule has 0 bridgehead atoms. The fraction of sp³-hybridized carbons (Fsp3) is 0.312. The van der Waals surface area contributed by atoms with E-state index < -0.39 is 0 Å². The maximum Gasteiger partial charge on any atom is 0.125 e. The predicted molar refractivity (Wildman–Crippen MR) is 78.1 cm³/mol. The molecule has 0 saturated heterocycles. The number of aromatic nitrogens is 1. The van der Waals surface area contributed by atoms with Crippen LogP contribution in [0.15, 0.2) is 42.6 Å². The Morgan fingerprint density at radius 1 is 1.30 bits per heavy atom. The molecular formula is C16H18FN3. The molecule has 2 atom stereocenters. The van der Waals surface area contributed by atoms with Crippen molar-refractivity contribution in [1.82, 2.24) is 4.98 Å². The lowest BCUT2D eigenvalue weighted by Crippen LogP contribution is -2.39. The van der Waals surface area contributed by atoms with Gasteiger partial charge in [0.25, 0.3) is 0 Å². The van der Waals surface area contributed by atoms with Crippen LogP contribution in [0.4, 0.5) is 10.1 Å². The second kappa shape index (κ2) is 5.21. The van der Waals surface area contributed by atoms with Crippen molar-refractivity contribution in [2.75, 3.05) is 11.4 Å². The van der Waals surface area contributed by atoms with E-state index >= 15 is 0 Å². The summed E-state index contributed by atoms with van der Waals surface area (Å²) in [6, 6.07) is 10.7. The van der Waals surface area contributed by atoms with Crippen LogP contribution in [0.5, 0.6) is 0 Å². The molecule has 0 radical (unpaired) electrons. The lowest BCUT2D eigenvalue weighted by Gasteiger charge is -2.32. The van der Waals surface area contributed by atoms with E-state index in [1.807, 2.05) is 31.2 Å². The van der Waals surface area contributed by atoms with Crippen molar-refractivity contribution < 1.29 is 4.39 Å². The van der Waals surface area contributed by atoms with E-state index in [4.69, 9.17) is 5.73 Å². The number of anilines is 1. The summed E-state index contributed by atoms with van der Waals surface area (Å²) in [6.45, 7) is 2.82. The van der Waals surface area contributed by atoms with E-state index in [0.29, 0.717) is 0 Å². The Hall–Kier alpha value is -1.94. The smallest absolute Gasteiger partial charge is 0.125 e. The van der Waals surface area contributed by atoms with Crippen LogP contribution >= 0.6 is 0 Å². The summed E-state index contributed by atoms with van der Waals surface area (Å²) in [5.74, 6) is -0.208. The first-order valence-electron chi connectivity index (χ1n) is 6.88. The van der Waals surface area contributed by atoms with Crippen molar-refractivity contribution in [2.45, 2.75) is 25.4 Å². The van der Waals surface area contributed by atoms with E-state index in [1.54, 1.807) is 12.3 Å². The van der Waals surface area contributed by atoms with Gasteiger partial charge in [-0.25, -0.2) is 4.39 Å². The highest BCUT2D eigenvalue weighted by molar-refractivity contribution is 5.59. The summed E-state index contributed by atoms with van der Waals surface area (Å²) in [5.41, 5.74) is 9.22. The molecule has 1 aliphatic rings. The third-order valence-electron chi connectivity index (χ3n) is 3.80. The zero-order valence-corrected chi connectivity index (χ0v) is 11.5. The van der Waals surface area contributed by atoms with Gasteiger partial charge in [0.1, 0.15) is 5.82 Å². The molecule has 20 heavy (non-hydrogen) atoms. The molecule has 0 saturated carbocycles. The fourth-order valence-corrected chi connectivity index (χ4v) is 2.93. The highest BCUT2D eigenvalue weighted by atomic mass is 19.1. The van der Waals surface area contributed by atoms with Crippen molar-refractivity contribution in [3.05, 3.63) is 59.7 Å². The number of pyridine rings is 1. The van der Waals surface area contributed by atoms with Crippen LogP contribution in [0.2, 0.25) is 0 Å². The topological polar surface area (TPSA) is 42.1 Å². The summed E-state index contributed by atoms with van der Waals surface area (Å²) >= 11 is 0. The molecule has 1 aromatic heterocycles. The molecular weight excluding hydrogens is 253 g/mol. The maximum absolute atomic E-state index is 13.5. The minimum Gasteiger partial charge on any atom is -0.361 e. The molecule has 3 nitrogen and oxygen atoms in total. The van der Waals surface area contributed by atoms with E-state index in [2.05, 4.69) is 9.88 Å².